The van der Waals surface area contributed by atoms with Crippen LogP contribution in [0.1, 0.15) is 56.2 Å². The van der Waals surface area contributed by atoms with Crippen LogP contribution < -0.4 is 4.90 Å². The molecular formula is C23H29F3N4O. The van der Waals surface area contributed by atoms with Crippen LogP contribution in [0.5, 0.6) is 0 Å². The number of amides is 1. The summed E-state index contributed by atoms with van der Waals surface area (Å²) in [6, 6.07) is 7.68. The van der Waals surface area contributed by atoms with Crippen molar-refractivity contribution in [2.24, 2.45) is 5.92 Å². The van der Waals surface area contributed by atoms with E-state index in [1.54, 1.807) is 12.5 Å². The van der Waals surface area contributed by atoms with Crippen molar-refractivity contribution in [3.8, 4) is 0 Å². The number of nitrogens with one attached hydrogen (secondary N) is 1. The second-order valence-electron chi connectivity index (χ2n) is 8.78. The van der Waals surface area contributed by atoms with Gasteiger partial charge in [0.1, 0.15) is 6.42 Å². The van der Waals surface area contributed by atoms with E-state index >= 15 is 0 Å². The number of aromatic nitrogens is 2. The number of H-pyrrole nitrogens is 1. The molecule has 8 heteroatoms. The van der Waals surface area contributed by atoms with Crippen molar-refractivity contribution in [3.05, 3.63) is 48.0 Å². The van der Waals surface area contributed by atoms with Crippen molar-refractivity contribution in [1.82, 2.24) is 14.9 Å². The van der Waals surface area contributed by atoms with Gasteiger partial charge in [-0.3, -0.25) is 4.79 Å². The molecule has 2 heterocycles. The fourth-order valence-corrected chi connectivity index (χ4v) is 4.96. The fourth-order valence-electron chi connectivity index (χ4n) is 4.96. The third-order valence-electron chi connectivity index (χ3n) is 6.52. The van der Waals surface area contributed by atoms with E-state index in [0.29, 0.717) is 19.0 Å². The summed E-state index contributed by atoms with van der Waals surface area (Å²) in [6.07, 6.45) is 4.33. The number of carbonyl (C=O) groups is 1. The van der Waals surface area contributed by atoms with E-state index in [2.05, 4.69) is 14.9 Å². The second-order valence-corrected chi connectivity index (χ2v) is 8.78. The first-order valence-corrected chi connectivity index (χ1v) is 11.1. The molecule has 1 atom stereocenters. The minimum atomic E-state index is -4.50. The third-order valence-corrected chi connectivity index (χ3v) is 6.52. The summed E-state index contributed by atoms with van der Waals surface area (Å²) >= 11 is 0. The van der Waals surface area contributed by atoms with Crippen LogP contribution in [0.2, 0.25) is 0 Å². The monoisotopic (exact) mass is 434 g/mol. The lowest BCUT2D eigenvalue weighted by Crippen LogP contribution is -2.44. The normalized spacial score (nSPS) is 20.0. The van der Waals surface area contributed by atoms with Gasteiger partial charge in [0, 0.05) is 31.0 Å². The van der Waals surface area contributed by atoms with Crippen LogP contribution in [0.15, 0.2) is 36.8 Å². The van der Waals surface area contributed by atoms with Crippen molar-refractivity contribution in [2.45, 2.75) is 70.3 Å². The molecule has 1 aliphatic heterocycles. The first-order chi connectivity index (χ1) is 14.9. The highest BCUT2D eigenvalue weighted by molar-refractivity contribution is 5.77. The van der Waals surface area contributed by atoms with Crippen LogP contribution in [0.3, 0.4) is 0 Å². The summed E-state index contributed by atoms with van der Waals surface area (Å²) in [5, 5.41) is 0. The standard InChI is InChI=1S/C23H29F3N4O/c24-23(25,26)11-22(31)29-13-18-7-3-4-8-21(18)30(14-19-12-27-16-28-19)20(15-29)10-9-17-5-1-2-6-17/h3-4,7-8,12,16-17,20H,1-2,5-6,9-11,13-15H2,(H,27,28)/t20-/m0/s1. The number of fused-ring (bicyclic) bond motifs is 1. The zero-order valence-corrected chi connectivity index (χ0v) is 17.6. The zero-order valence-electron chi connectivity index (χ0n) is 17.6. The smallest absolute Gasteiger partial charge is 0.361 e. The van der Waals surface area contributed by atoms with Gasteiger partial charge in [-0.2, -0.15) is 13.2 Å². The lowest BCUT2D eigenvalue weighted by Gasteiger charge is -2.34. The minimum absolute atomic E-state index is 0.0512. The van der Waals surface area contributed by atoms with E-state index in [1.165, 1.54) is 30.6 Å². The van der Waals surface area contributed by atoms with Gasteiger partial charge in [-0.05, 0) is 30.4 Å². The molecule has 0 unspecified atom stereocenters. The molecule has 31 heavy (non-hydrogen) atoms. The number of hydrogen-bond acceptors (Lipinski definition) is 3. The molecule has 0 bridgehead atoms. The van der Waals surface area contributed by atoms with Gasteiger partial charge in [0.2, 0.25) is 5.91 Å². The molecule has 1 amide bonds. The Morgan fingerprint density at radius 2 is 1.94 bits per heavy atom. The summed E-state index contributed by atoms with van der Waals surface area (Å²) < 4.78 is 38.9. The molecular weight excluding hydrogens is 405 g/mol. The van der Waals surface area contributed by atoms with E-state index in [9.17, 15) is 18.0 Å². The number of anilines is 1. The predicted molar refractivity (Wildman–Crippen MR) is 112 cm³/mol. The van der Waals surface area contributed by atoms with Crippen molar-refractivity contribution in [1.29, 1.82) is 0 Å². The molecule has 5 nitrogen and oxygen atoms in total. The van der Waals surface area contributed by atoms with Crippen molar-refractivity contribution in [3.63, 3.8) is 0 Å². The first kappa shape index (κ1) is 21.7. The van der Waals surface area contributed by atoms with Crippen molar-refractivity contribution < 1.29 is 18.0 Å². The summed E-state index contributed by atoms with van der Waals surface area (Å²) in [6.45, 7) is 1.07. The Bertz CT molecular complexity index is 862. The number of imidazole rings is 1. The van der Waals surface area contributed by atoms with Crippen LogP contribution in [0.4, 0.5) is 18.9 Å². The van der Waals surface area contributed by atoms with Crippen LogP contribution in [0, 0.1) is 5.92 Å². The van der Waals surface area contributed by atoms with Crippen molar-refractivity contribution in [2.75, 3.05) is 11.4 Å². The Kier molecular flexibility index (Phi) is 6.53. The maximum atomic E-state index is 13.0. The largest absolute Gasteiger partial charge is 0.397 e. The van der Waals surface area contributed by atoms with Crippen LogP contribution >= 0.6 is 0 Å². The van der Waals surface area contributed by atoms with Crippen LogP contribution in [0.25, 0.3) is 0 Å². The molecule has 168 valence electrons. The van der Waals surface area contributed by atoms with Gasteiger partial charge in [-0.1, -0.05) is 43.9 Å². The quantitative estimate of drug-likeness (QED) is 0.692. The number of halogens is 3. The molecule has 1 saturated carbocycles. The number of carbonyl (C=O) groups excluding carboxylic acids is 1. The van der Waals surface area contributed by atoms with E-state index in [4.69, 9.17) is 0 Å². The maximum absolute atomic E-state index is 13.0. The van der Waals surface area contributed by atoms with E-state index in [1.807, 2.05) is 24.3 Å². The summed E-state index contributed by atoms with van der Waals surface area (Å²) in [5.41, 5.74) is 2.80. The molecule has 2 aliphatic rings. The van der Waals surface area contributed by atoms with Gasteiger partial charge >= 0.3 is 6.18 Å². The number of para-hydroxylation sites is 1. The van der Waals surface area contributed by atoms with Crippen LogP contribution in [-0.4, -0.2) is 39.5 Å². The molecule has 0 saturated heterocycles. The molecule has 1 aliphatic carbocycles. The van der Waals surface area contributed by atoms with Crippen LogP contribution in [-0.2, 0) is 17.9 Å². The molecule has 1 fully saturated rings. The number of aromatic amines is 1. The Hall–Kier alpha value is -2.51. The van der Waals surface area contributed by atoms with Gasteiger partial charge in [0.25, 0.3) is 0 Å². The molecule has 1 aromatic heterocycles. The molecule has 0 radical (unpaired) electrons. The summed E-state index contributed by atoms with van der Waals surface area (Å²) in [4.78, 5) is 23.5. The zero-order chi connectivity index (χ0) is 21.8. The molecule has 1 aromatic carbocycles. The Morgan fingerprint density at radius 3 is 2.65 bits per heavy atom. The lowest BCUT2D eigenvalue weighted by atomic mass is 9.97. The molecule has 2 aromatic rings. The number of nitrogens with zero attached hydrogens (tertiary/aromatic N) is 3. The van der Waals surface area contributed by atoms with E-state index < -0.39 is 18.5 Å². The fraction of sp³-hybridized carbons (Fsp3) is 0.565. The predicted octanol–water partition coefficient (Wildman–Crippen LogP) is 5.05. The number of rotatable bonds is 6. The van der Waals surface area contributed by atoms with Gasteiger partial charge in [0.05, 0.1) is 18.6 Å². The van der Waals surface area contributed by atoms with Gasteiger partial charge in [-0.25, -0.2) is 4.98 Å². The highest BCUT2D eigenvalue weighted by Crippen LogP contribution is 2.35. The van der Waals surface area contributed by atoms with E-state index in [-0.39, 0.29) is 12.6 Å². The average Bonchev–Trinajstić information content (AvgIpc) is 3.39. The highest BCUT2D eigenvalue weighted by atomic mass is 19.4. The topological polar surface area (TPSA) is 52.2 Å². The minimum Gasteiger partial charge on any atom is -0.361 e. The number of alkyl halides is 3. The number of hydrogen-bond donors (Lipinski definition) is 1. The second kappa shape index (κ2) is 9.32. The lowest BCUT2D eigenvalue weighted by molar-refractivity contribution is -0.162. The van der Waals surface area contributed by atoms with Crippen molar-refractivity contribution >= 4 is 11.6 Å². The Morgan fingerprint density at radius 1 is 1.16 bits per heavy atom. The van der Waals surface area contributed by atoms with E-state index in [0.717, 1.165) is 29.8 Å². The average molecular weight is 435 g/mol. The summed E-state index contributed by atoms with van der Waals surface area (Å²) in [7, 11) is 0. The summed E-state index contributed by atoms with van der Waals surface area (Å²) in [5.74, 6) is -0.177. The molecule has 1 N–H and O–H groups in total. The van der Waals surface area contributed by atoms with Gasteiger partial charge in [-0.15, -0.1) is 0 Å². The number of benzene rings is 1. The third kappa shape index (κ3) is 5.60. The van der Waals surface area contributed by atoms with Gasteiger partial charge < -0.3 is 14.8 Å². The molecule has 0 spiro atoms. The Labute approximate surface area is 180 Å². The van der Waals surface area contributed by atoms with Gasteiger partial charge in [0.15, 0.2) is 0 Å². The first-order valence-electron chi connectivity index (χ1n) is 11.1. The molecule has 4 rings (SSSR count). The highest BCUT2D eigenvalue weighted by Gasteiger charge is 2.37. The Balaban J connectivity index is 1.62. The SMILES string of the molecule is O=C(CC(F)(F)F)N1Cc2ccccc2N(Cc2cnc[nH]2)[C@@H](CCC2CCCC2)C1. The maximum Gasteiger partial charge on any atom is 0.397 e.